The summed E-state index contributed by atoms with van der Waals surface area (Å²) < 4.78 is 39.1. The minimum absolute atomic E-state index is 0.0761. The Morgan fingerprint density at radius 1 is 1.19 bits per heavy atom. The Morgan fingerprint density at radius 2 is 1.94 bits per heavy atom. The summed E-state index contributed by atoms with van der Waals surface area (Å²) in [5.74, 6) is 0.359. The number of aryl methyl sites for hydroxylation is 1. The summed E-state index contributed by atoms with van der Waals surface area (Å²) >= 11 is 0. The molecule has 2 heterocycles. The van der Waals surface area contributed by atoms with E-state index in [9.17, 15) is 13.2 Å². The third-order valence-electron chi connectivity index (χ3n) is 5.38. The fourth-order valence-corrected chi connectivity index (χ4v) is 4.89. The predicted octanol–water partition coefficient (Wildman–Crippen LogP) is 2.77. The first kappa shape index (κ1) is 22.0. The molecule has 3 aromatic rings. The van der Waals surface area contributed by atoms with Crippen LogP contribution < -0.4 is 9.46 Å². The highest BCUT2D eigenvalue weighted by Gasteiger charge is 2.26. The summed E-state index contributed by atoms with van der Waals surface area (Å²) in [7, 11) is -2.30. The van der Waals surface area contributed by atoms with Gasteiger partial charge in [-0.2, -0.15) is 4.98 Å². The van der Waals surface area contributed by atoms with Gasteiger partial charge in [-0.15, -0.1) is 0 Å². The molecule has 0 spiro atoms. The van der Waals surface area contributed by atoms with Gasteiger partial charge in [-0.1, -0.05) is 35.5 Å². The smallest absolute Gasteiger partial charge is 0.316 e. The van der Waals surface area contributed by atoms with Crippen LogP contribution in [0.3, 0.4) is 0 Å². The lowest BCUT2D eigenvalue weighted by Gasteiger charge is -2.12. The largest absolute Gasteiger partial charge is 0.496 e. The fraction of sp³-hybridized carbons (Fsp3) is 0.318. The molecule has 1 aromatic heterocycles. The van der Waals surface area contributed by atoms with Crippen LogP contribution in [0.4, 0.5) is 0 Å². The van der Waals surface area contributed by atoms with E-state index in [1.54, 1.807) is 36.1 Å². The molecule has 0 saturated carbocycles. The Kier molecular flexibility index (Phi) is 6.24. The number of amides is 1. The maximum atomic E-state index is 13.0. The van der Waals surface area contributed by atoms with Crippen LogP contribution in [0, 0.1) is 6.92 Å². The predicted molar refractivity (Wildman–Crippen MR) is 117 cm³/mol. The molecular formula is C22H24N4O5S. The Balaban J connectivity index is 1.56. The molecule has 0 aliphatic carbocycles. The molecule has 0 radical (unpaired) electrons. The van der Waals surface area contributed by atoms with Crippen molar-refractivity contribution in [2.24, 2.45) is 0 Å². The van der Waals surface area contributed by atoms with Gasteiger partial charge < -0.3 is 14.2 Å². The molecule has 1 saturated heterocycles. The van der Waals surface area contributed by atoms with Crippen molar-refractivity contribution < 1.29 is 22.5 Å². The van der Waals surface area contributed by atoms with Crippen LogP contribution in [0.15, 0.2) is 51.9 Å². The molecule has 1 aliphatic heterocycles. The average molecular weight is 457 g/mol. The number of aromatic nitrogens is 2. The van der Waals surface area contributed by atoms with E-state index in [1.165, 1.54) is 13.2 Å². The van der Waals surface area contributed by atoms with Crippen molar-refractivity contribution in [3.8, 4) is 17.1 Å². The van der Waals surface area contributed by atoms with Crippen LogP contribution in [0.25, 0.3) is 11.4 Å². The van der Waals surface area contributed by atoms with Crippen molar-refractivity contribution in [3.63, 3.8) is 0 Å². The lowest BCUT2D eigenvalue weighted by atomic mass is 10.1. The van der Waals surface area contributed by atoms with E-state index in [-0.39, 0.29) is 29.1 Å². The average Bonchev–Trinajstić information content (AvgIpc) is 3.50. The number of rotatable bonds is 7. The number of methoxy groups -OCH3 is 1. The van der Waals surface area contributed by atoms with Gasteiger partial charge in [0.2, 0.25) is 15.8 Å². The molecule has 0 atom stereocenters. The lowest BCUT2D eigenvalue weighted by molar-refractivity contribution is 0.0743. The van der Waals surface area contributed by atoms with Crippen LogP contribution in [0.2, 0.25) is 0 Å². The van der Waals surface area contributed by atoms with Gasteiger partial charge in [-0.3, -0.25) is 4.79 Å². The van der Waals surface area contributed by atoms with E-state index in [2.05, 4.69) is 14.9 Å². The van der Waals surface area contributed by atoms with Crippen LogP contribution in [-0.2, 0) is 16.6 Å². The van der Waals surface area contributed by atoms with Gasteiger partial charge >= 0.3 is 11.8 Å². The molecule has 4 rings (SSSR count). The molecule has 0 unspecified atom stereocenters. The molecule has 0 bridgehead atoms. The molecule has 32 heavy (non-hydrogen) atoms. The number of nitrogens with one attached hydrogen (secondary N) is 1. The second-order valence-electron chi connectivity index (χ2n) is 7.54. The summed E-state index contributed by atoms with van der Waals surface area (Å²) in [6.07, 6.45) is 1.90. The number of benzene rings is 2. The van der Waals surface area contributed by atoms with Gasteiger partial charge in [0.05, 0.1) is 12.0 Å². The molecule has 1 amide bonds. The second kappa shape index (κ2) is 9.09. The number of hydrogen-bond donors (Lipinski definition) is 1. The van der Waals surface area contributed by atoms with Crippen molar-refractivity contribution in [2.75, 3.05) is 20.2 Å². The Morgan fingerprint density at radius 3 is 2.69 bits per heavy atom. The van der Waals surface area contributed by atoms with Gasteiger partial charge in [-0.25, -0.2) is 13.1 Å². The SMILES string of the molecule is COc1ccccc1CNS(=O)(=O)c1cc(-c2noc(C(=O)N3CCCC3)n2)ccc1C. The summed E-state index contributed by atoms with van der Waals surface area (Å²) in [4.78, 5) is 18.4. The first-order chi connectivity index (χ1) is 15.4. The summed E-state index contributed by atoms with van der Waals surface area (Å²) in [6.45, 7) is 3.12. The monoisotopic (exact) mass is 456 g/mol. The Bertz CT molecular complexity index is 1230. The number of ether oxygens (including phenoxy) is 1. The second-order valence-corrected chi connectivity index (χ2v) is 9.27. The highest BCUT2D eigenvalue weighted by Crippen LogP contribution is 2.25. The van der Waals surface area contributed by atoms with E-state index in [1.807, 2.05) is 12.1 Å². The number of carbonyl (C=O) groups excluding carboxylic acids is 1. The standard InChI is InChI=1S/C22H24N4O5S/c1-15-9-10-16(20-24-21(31-25-20)22(27)26-11-5-6-12-26)13-19(15)32(28,29)23-14-17-7-3-4-8-18(17)30-2/h3-4,7-10,13,23H,5-6,11-12,14H2,1-2H3. The minimum Gasteiger partial charge on any atom is -0.496 e. The lowest BCUT2D eigenvalue weighted by Crippen LogP contribution is -2.27. The van der Waals surface area contributed by atoms with Crippen molar-refractivity contribution in [2.45, 2.75) is 31.2 Å². The zero-order valence-corrected chi connectivity index (χ0v) is 18.7. The molecule has 2 aromatic carbocycles. The van der Waals surface area contributed by atoms with E-state index >= 15 is 0 Å². The van der Waals surface area contributed by atoms with Crippen molar-refractivity contribution >= 4 is 15.9 Å². The van der Waals surface area contributed by atoms with Gasteiger partial charge in [0.25, 0.3) is 0 Å². The van der Waals surface area contributed by atoms with E-state index in [0.717, 1.165) is 18.4 Å². The normalized spacial score (nSPS) is 14.0. The summed E-state index contributed by atoms with van der Waals surface area (Å²) in [6, 6.07) is 12.0. The van der Waals surface area contributed by atoms with Crippen molar-refractivity contribution in [1.82, 2.24) is 19.8 Å². The molecule has 1 fully saturated rings. The molecule has 9 nitrogen and oxygen atoms in total. The van der Waals surface area contributed by atoms with E-state index in [0.29, 0.717) is 30.0 Å². The highest BCUT2D eigenvalue weighted by molar-refractivity contribution is 7.89. The topological polar surface area (TPSA) is 115 Å². The van der Waals surface area contributed by atoms with Gasteiger partial charge in [0.15, 0.2) is 0 Å². The first-order valence-electron chi connectivity index (χ1n) is 10.2. The van der Waals surface area contributed by atoms with Crippen LogP contribution in [0.5, 0.6) is 5.75 Å². The van der Waals surface area contributed by atoms with Crippen molar-refractivity contribution in [3.05, 3.63) is 59.5 Å². The van der Waals surface area contributed by atoms with Crippen LogP contribution >= 0.6 is 0 Å². The zero-order chi connectivity index (χ0) is 22.7. The first-order valence-corrected chi connectivity index (χ1v) is 11.7. The maximum Gasteiger partial charge on any atom is 0.316 e. The van der Waals surface area contributed by atoms with Gasteiger partial charge in [0.1, 0.15) is 5.75 Å². The summed E-state index contributed by atoms with van der Waals surface area (Å²) in [5.41, 5.74) is 1.73. The number of sulfonamides is 1. The minimum atomic E-state index is -3.83. The molecule has 1 aliphatic rings. The van der Waals surface area contributed by atoms with Crippen molar-refractivity contribution in [1.29, 1.82) is 0 Å². The van der Waals surface area contributed by atoms with Gasteiger partial charge in [-0.05, 0) is 37.5 Å². The molecule has 1 N–H and O–H groups in total. The number of likely N-dealkylation sites (tertiary alicyclic amines) is 1. The van der Waals surface area contributed by atoms with E-state index in [4.69, 9.17) is 9.26 Å². The number of nitrogens with zero attached hydrogens (tertiary/aromatic N) is 3. The zero-order valence-electron chi connectivity index (χ0n) is 17.9. The van der Waals surface area contributed by atoms with Gasteiger partial charge in [0, 0.05) is 30.8 Å². The Hall–Kier alpha value is -3.24. The van der Waals surface area contributed by atoms with Crippen LogP contribution in [-0.4, -0.2) is 49.6 Å². The molecular weight excluding hydrogens is 432 g/mol. The third kappa shape index (κ3) is 4.51. The van der Waals surface area contributed by atoms with E-state index < -0.39 is 10.0 Å². The summed E-state index contributed by atoms with van der Waals surface area (Å²) in [5, 5.41) is 3.88. The number of para-hydroxylation sites is 1. The molecule has 10 heteroatoms. The third-order valence-corrected chi connectivity index (χ3v) is 6.93. The number of hydrogen-bond acceptors (Lipinski definition) is 7. The Labute approximate surface area is 186 Å². The van der Waals surface area contributed by atoms with Crippen LogP contribution in [0.1, 0.15) is 34.7 Å². The number of carbonyl (C=O) groups is 1. The maximum absolute atomic E-state index is 13.0. The quantitative estimate of drug-likeness (QED) is 0.581. The molecule has 168 valence electrons. The highest BCUT2D eigenvalue weighted by atomic mass is 32.2. The fourth-order valence-electron chi connectivity index (χ4n) is 3.61.